The smallest absolute Gasteiger partial charge is 0.0734 e. The molecule has 0 amide bonds. The Morgan fingerprint density at radius 3 is 1.70 bits per heavy atom. The summed E-state index contributed by atoms with van der Waals surface area (Å²) in [7, 11) is 0. The average molecular weight is 378 g/mol. The third-order valence-corrected chi connectivity index (χ3v) is 5.28. The summed E-state index contributed by atoms with van der Waals surface area (Å²) >= 11 is 0. The third-order valence-electron chi connectivity index (χ3n) is 5.28. The summed E-state index contributed by atoms with van der Waals surface area (Å²) in [6.07, 6.45) is 0.858. The summed E-state index contributed by atoms with van der Waals surface area (Å²) in [6.45, 7) is 13.0. The van der Waals surface area contributed by atoms with Crippen LogP contribution in [0.5, 0.6) is 0 Å². The minimum Gasteiger partial charge on any atom is -0.411 e. The number of anilines is 1. The van der Waals surface area contributed by atoms with Crippen LogP contribution in [-0.4, -0.2) is 46.0 Å². The molecule has 7 nitrogen and oxygen atoms in total. The molecule has 0 spiro atoms. The van der Waals surface area contributed by atoms with Gasteiger partial charge < -0.3 is 26.8 Å². The van der Waals surface area contributed by atoms with E-state index in [4.69, 9.17) is 16.1 Å². The van der Waals surface area contributed by atoms with Gasteiger partial charge in [0.15, 0.2) is 0 Å². The van der Waals surface area contributed by atoms with E-state index in [0.717, 1.165) is 25.2 Å². The van der Waals surface area contributed by atoms with Gasteiger partial charge >= 0.3 is 0 Å². The normalized spacial score (nSPS) is 15.0. The number of nitrogen functional groups attached to an aromatic ring is 1. The second-order valence-corrected chi connectivity index (χ2v) is 8.19. The fourth-order valence-electron chi connectivity index (χ4n) is 2.51. The Kier molecular flexibility index (Phi) is 8.24. The van der Waals surface area contributed by atoms with Crippen LogP contribution in [0.3, 0.4) is 0 Å². The Labute approximate surface area is 162 Å². The lowest BCUT2D eigenvalue weighted by molar-refractivity contribution is 0.303. The number of nitrogens with two attached hydrogens (primary N) is 1. The maximum Gasteiger partial charge on any atom is 0.0734 e. The summed E-state index contributed by atoms with van der Waals surface area (Å²) in [5.41, 5.74) is 8.18. The molecule has 0 unspecified atom stereocenters. The molecule has 0 bridgehead atoms. The predicted molar refractivity (Wildman–Crippen MR) is 112 cm³/mol. The van der Waals surface area contributed by atoms with Crippen LogP contribution < -0.4 is 16.4 Å². The lowest BCUT2D eigenvalue weighted by Crippen LogP contribution is -2.52. The first-order chi connectivity index (χ1) is 12.5. The molecule has 0 aliphatic rings. The zero-order valence-corrected chi connectivity index (χ0v) is 17.4. The van der Waals surface area contributed by atoms with Gasteiger partial charge in [0.25, 0.3) is 0 Å². The van der Waals surface area contributed by atoms with Crippen LogP contribution in [0.25, 0.3) is 0 Å². The molecule has 0 heterocycles. The second kappa shape index (κ2) is 9.71. The van der Waals surface area contributed by atoms with E-state index < -0.39 is 11.1 Å². The van der Waals surface area contributed by atoms with Crippen LogP contribution in [-0.2, 0) is 6.42 Å². The SMILES string of the molecule is C/C(=N\O)C(C)(C)NCC(CNC(C)(C)/C(C)=N/O)Cc1ccc(N)cc1. The lowest BCUT2D eigenvalue weighted by Gasteiger charge is -2.31. The fourth-order valence-corrected chi connectivity index (χ4v) is 2.51. The number of oxime groups is 2. The molecular weight excluding hydrogens is 342 g/mol. The van der Waals surface area contributed by atoms with Crippen molar-refractivity contribution in [2.24, 2.45) is 16.2 Å². The minimum atomic E-state index is -0.411. The number of benzene rings is 1. The van der Waals surface area contributed by atoms with Gasteiger partial charge in [0.2, 0.25) is 0 Å². The molecular formula is C20H35N5O2. The average Bonchev–Trinajstić information content (AvgIpc) is 2.64. The number of hydrogen-bond acceptors (Lipinski definition) is 7. The van der Waals surface area contributed by atoms with Crippen molar-refractivity contribution >= 4 is 17.1 Å². The highest BCUT2D eigenvalue weighted by molar-refractivity contribution is 5.90. The monoisotopic (exact) mass is 377 g/mol. The second-order valence-electron chi connectivity index (χ2n) is 8.19. The van der Waals surface area contributed by atoms with Gasteiger partial charge in [-0.05, 0) is 71.6 Å². The van der Waals surface area contributed by atoms with E-state index in [0.29, 0.717) is 11.4 Å². The summed E-state index contributed by atoms with van der Waals surface area (Å²) in [6, 6.07) is 7.90. The molecule has 0 fully saturated rings. The van der Waals surface area contributed by atoms with Crippen LogP contribution in [0.4, 0.5) is 5.69 Å². The molecule has 0 saturated carbocycles. The van der Waals surface area contributed by atoms with Crippen molar-refractivity contribution in [3.63, 3.8) is 0 Å². The summed E-state index contributed by atoms with van der Waals surface area (Å²) in [5, 5.41) is 31.8. The number of nitrogens with one attached hydrogen (secondary N) is 2. The van der Waals surface area contributed by atoms with E-state index in [1.165, 1.54) is 5.56 Å². The first-order valence-corrected chi connectivity index (χ1v) is 9.24. The quantitative estimate of drug-likeness (QED) is 0.186. The highest BCUT2D eigenvalue weighted by Gasteiger charge is 2.26. The molecule has 152 valence electrons. The van der Waals surface area contributed by atoms with Crippen molar-refractivity contribution in [1.82, 2.24) is 10.6 Å². The fraction of sp³-hybridized carbons (Fsp3) is 0.600. The van der Waals surface area contributed by atoms with Crippen molar-refractivity contribution in [3.05, 3.63) is 29.8 Å². The van der Waals surface area contributed by atoms with E-state index in [9.17, 15) is 0 Å². The van der Waals surface area contributed by atoms with Crippen molar-refractivity contribution in [3.8, 4) is 0 Å². The minimum absolute atomic E-state index is 0.269. The van der Waals surface area contributed by atoms with Gasteiger partial charge in [-0.1, -0.05) is 22.4 Å². The van der Waals surface area contributed by atoms with Crippen molar-refractivity contribution in [1.29, 1.82) is 0 Å². The maximum absolute atomic E-state index is 9.08. The van der Waals surface area contributed by atoms with Gasteiger partial charge in [0.05, 0.1) is 22.5 Å². The third kappa shape index (κ3) is 7.19. The van der Waals surface area contributed by atoms with Crippen LogP contribution in [0, 0.1) is 5.92 Å². The highest BCUT2D eigenvalue weighted by atomic mass is 16.4. The summed E-state index contributed by atoms with van der Waals surface area (Å²) in [5.74, 6) is 0.269. The van der Waals surface area contributed by atoms with Gasteiger partial charge in [-0.25, -0.2) is 0 Å². The Morgan fingerprint density at radius 2 is 1.33 bits per heavy atom. The van der Waals surface area contributed by atoms with Crippen molar-refractivity contribution in [2.45, 2.75) is 59.0 Å². The van der Waals surface area contributed by atoms with Gasteiger partial charge in [-0.3, -0.25) is 0 Å². The predicted octanol–water partition coefficient (Wildman–Crippen LogP) is 2.86. The van der Waals surface area contributed by atoms with E-state index >= 15 is 0 Å². The zero-order valence-electron chi connectivity index (χ0n) is 17.4. The Balaban J connectivity index is 2.87. The molecule has 0 aromatic heterocycles. The molecule has 7 heteroatoms. The van der Waals surface area contributed by atoms with Crippen LogP contribution in [0.2, 0.25) is 0 Å². The van der Waals surface area contributed by atoms with Gasteiger partial charge in [-0.2, -0.15) is 0 Å². The molecule has 1 aromatic rings. The first kappa shape index (κ1) is 22.9. The largest absolute Gasteiger partial charge is 0.411 e. The highest BCUT2D eigenvalue weighted by Crippen LogP contribution is 2.15. The molecule has 0 saturated heterocycles. The molecule has 27 heavy (non-hydrogen) atoms. The summed E-state index contributed by atoms with van der Waals surface area (Å²) in [4.78, 5) is 0. The molecule has 0 radical (unpaired) electrons. The molecule has 1 rings (SSSR count). The van der Waals surface area contributed by atoms with E-state index in [-0.39, 0.29) is 5.92 Å². The molecule has 6 N–H and O–H groups in total. The molecule has 0 aliphatic carbocycles. The Bertz CT molecular complexity index is 617. The number of rotatable bonds is 10. The number of hydrogen-bond donors (Lipinski definition) is 5. The van der Waals surface area contributed by atoms with E-state index in [1.807, 2.05) is 52.0 Å². The van der Waals surface area contributed by atoms with E-state index in [2.05, 4.69) is 20.9 Å². The van der Waals surface area contributed by atoms with Gasteiger partial charge in [0, 0.05) is 18.8 Å². The van der Waals surface area contributed by atoms with Crippen LogP contribution in [0.15, 0.2) is 34.6 Å². The molecule has 0 atom stereocenters. The molecule has 1 aromatic carbocycles. The maximum atomic E-state index is 9.08. The standard InChI is InChI=1S/C20H35N5O2/c1-14(24-26)19(3,4)22-12-17(11-16-7-9-18(21)10-8-16)13-23-20(5,6)15(2)25-27/h7-10,17,22-23,26-27H,11-13,21H2,1-6H3/b24-14+,25-15+. The van der Waals surface area contributed by atoms with Crippen LogP contribution in [0.1, 0.15) is 47.1 Å². The van der Waals surface area contributed by atoms with E-state index in [1.54, 1.807) is 13.8 Å². The van der Waals surface area contributed by atoms with Crippen molar-refractivity contribution in [2.75, 3.05) is 18.8 Å². The first-order valence-electron chi connectivity index (χ1n) is 9.24. The van der Waals surface area contributed by atoms with Crippen molar-refractivity contribution < 1.29 is 10.4 Å². The van der Waals surface area contributed by atoms with Gasteiger partial charge in [-0.15, -0.1) is 0 Å². The summed E-state index contributed by atoms with van der Waals surface area (Å²) < 4.78 is 0. The van der Waals surface area contributed by atoms with Crippen LogP contribution >= 0.6 is 0 Å². The Morgan fingerprint density at radius 1 is 0.926 bits per heavy atom. The lowest BCUT2D eigenvalue weighted by atomic mass is 9.93. The topological polar surface area (TPSA) is 115 Å². The van der Waals surface area contributed by atoms with Gasteiger partial charge in [0.1, 0.15) is 0 Å². The Hall–Kier alpha value is -2.12. The molecule has 0 aliphatic heterocycles. The number of nitrogens with zero attached hydrogens (tertiary/aromatic N) is 2. The zero-order chi connectivity index (χ0) is 20.7.